The summed E-state index contributed by atoms with van der Waals surface area (Å²) in [6.45, 7) is 0. The van der Waals surface area contributed by atoms with Crippen molar-refractivity contribution < 1.29 is 9.90 Å². The van der Waals surface area contributed by atoms with Gasteiger partial charge in [-0.15, -0.1) is 0 Å². The molecule has 0 aliphatic heterocycles. The normalized spacial score (nSPS) is 11.2. The van der Waals surface area contributed by atoms with E-state index in [4.69, 9.17) is 34.8 Å². The third-order valence-corrected chi connectivity index (χ3v) is 4.14. The van der Waals surface area contributed by atoms with Crippen LogP contribution in [0, 0.1) is 0 Å². The lowest BCUT2D eigenvalue weighted by atomic mass is 9.97. The molecule has 20 heavy (non-hydrogen) atoms. The summed E-state index contributed by atoms with van der Waals surface area (Å²) in [7, 11) is 0. The second-order valence-corrected chi connectivity index (χ2v) is 5.66. The van der Waals surface area contributed by atoms with E-state index in [0.717, 1.165) is 10.8 Å². The number of carboxylic acid groups (broad SMARTS) is 1. The van der Waals surface area contributed by atoms with E-state index in [1.807, 2.05) is 0 Å². The summed E-state index contributed by atoms with van der Waals surface area (Å²) in [5.41, 5.74) is 0.211. The van der Waals surface area contributed by atoms with Crippen LogP contribution >= 0.6 is 34.8 Å². The molecule has 100 valence electrons. The monoisotopic (exact) mass is 324 g/mol. The van der Waals surface area contributed by atoms with Crippen molar-refractivity contribution >= 4 is 62.3 Å². The summed E-state index contributed by atoms with van der Waals surface area (Å²) >= 11 is 18.1. The zero-order valence-electron chi connectivity index (χ0n) is 9.95. The van der Waals surface area contributed by atoms with Crippen molar-refractivity contribution in [3.05, 3.63) is 57.0 Å². The largest absolute Gasteiger partial charge is 0.478 e. The number of halogens is 3. The molecule has 5 heteroatoms. The second kappa shape index (κ2) is 4.81. The van der Waals surface area contributed by atoms with Crippen LogP contribution in [0.1, 0.15) is 10.4 Å². The topological polar surface area (TPSA) is 37.3 Å². The minimum absolute atomic E-state index is 0.211. The average molecular weight is 326 g/mol. The Labute approximate surface area is 129 Å². The Hall–Kier alpha value is -1.48. The van der Waals surface area contributed by atoms with E-state index in [2.05, 4.69) is 0 Å². The van der Waals surface area contributed by atoms with Gasteiger partial charge in [-0.1, -0.05) is 40.9 Å². The molecule has 0 saturated carbocycles. The van der Waals surface area contributed by atoms with E-state index in [9.17, 15) is 9.90 Å². The maximum absolute atomic E-state index is 11.4. The number of hydrogen-bond donors (Lipinski definition) is 1. The first-order chi connectivity index (χ1) is 9.47. The first kappa shape index (κ1) is 13.5. The molecule has 0 amide bonds. The minimum atomic E-state index is -0.995. The fraction of sp³-hybridized carbons (Fsp3) is 0. The molecule has 0 aliphatic carbocycles. The summed E-state index contributed by atoms with van der Waals surface area (Å²) in [6.07, 6.45) is 0. The molecule has 2 nitrogen and oxygen atoms in total. The van der Waals surface area contributed by atoms with Gasteiger partial charge in [-0.2, -0.15) is 0 Å². The van der Waals surface area contributed by atoms with Crippen molar-refractivity contribution in [1.29, 1.82) is 0 Å². The van der Waals surface area contributed by atoms with E-state index in [-0.39, 0.29) is 5.56 Å². The average Bonchev–Trinajstić information content (AvgIpc) is 2.39. The van der Waals surface area contributed by atoms with Crippen LogP contribution < -0.4 is 0 Å². The summed E-state index contributed by atoms with van der Waals surface area (Å²) in [6, 6.07) is 10.1. The molecule has 0 aliphatic rings. The minimum Gasteiger partial charge on any atom is -0.478 e. The van der Waals surface area contributed by atoms with Gasteiger partial charge in [0, 0.05) is 5.02 Å². The van der Waals surface area contributed by atoms with Gasteiger partial charge in [0.1, 0.15) is 0 Å². The van der Waals surface area contributed by atoms with Crippen LogP contribution in [0.3, 0.4) is 0 Å². The van der Waals surface area contributed by atoms with Crippen LogP contribution in [0.5, 0.6) is 0 Å². The number of benzene rings is 3. The molecule has 0 saturated heterocycles. The SMILES string of the molecule is O=C(O)c1cc2cc(Cl)c(Cl)cc2c2cc(Cl)ccc12. The highest BCUT2D eigenvalue weighted by atomic mass is 35.5. The quantitative estimate of drug-likeness (QED) is 0.587. The highest BCUT2D eigenvalue weighted by Gasteiger charge is 2.13. The smallest absolute Gasteiger partial charge is 0.336 e. The fourth-order valence-electron chi connectivity index (χ4n) is 2.30. The predicted octanol–water partition coefficient (Wildman–Crippen LogP) is 5.65. The summed E-state index contributed by atoms with van der Waals surface area (Å²) < 4.78 is 0. The number of hydrogen-bond acceptors (Lipinski definition) is 1. The van der Waals surface area contributed by atoms with E-state index in [1.54, 1.807) is 36.4 Å². The van der Waals surface area contributed by atoms with Crippen LogP contribution in [0.4, 0.5) is 0 Å². The zero-order valence-corrected chi connectivity index (χ0v) is 12.2. The number of carboxylic acids is 1. The number of aromatic carboxylic acids is 1. The van der Waals surface area contributed by atoms with Gasteiger partial charge in [0.25, 0.3) is 0 Å². The molecule has 0 bridgehead atoms. The van der Waals surface area contributed by atoms with Crippen molar-refractivity contribution in [2.24, 2.45) is 0 Å². The highest BCUT2D eigenvalue weighted by Crippen LogP contribution is 2.35. The third-order valence-electron chi connectivity index (χ3n) is 3.18. The van der Waals surface area contributed by atoms with Gasteiger partial charge in [0.05, 0.1) is 15.6 Å². The second-order valence-electron chi connectivity index (χ2n) is 4.41. The summed E-state index contributed by atoms with van der Waals surface area (Å²) in [4.78, 5) is 11.4. The standard InChI is InChI=1S/C15H7Cl3O2/c16-8-1-2-9-11(5-8)10-6-14(18)13(17)4-7(10)3-12(9)15(19)20/h1-6H,(H,19,20). The molecule has 3 rings (SSSR count). The molecular formula is C15H7Cl3O2. The van der Waals surface area contributed by atoms with E-state index in [0.29, 0.717) is 25.8 Å². The highest BCUT2D eigenvalue weighted by molar-refractivity contribution is 6.43. The summed E-state index contributed by atoms with van der Waals surface area (Å²) in [5, 5.41) is 13.6. The molecule has 0 radical (unpaired) electrons. The third kappa shape index (κ3) is 2.10. The van der Waals surface area contributed by atoms with E-state index in [1.165, 1.54) is 0 Å². The number of carbonyl (C=O) groups is 1. The van der Waals surface area contributed by atoms with Crippen LogP contribution in [0.25, 0.3) is 21.5 Å². The van der Waals surface area contributed by atoms with Gasteiger partial charge in [-0.05, 0) is 51.9 Å². The van der Waals surface area contributed by atoms with Crippen LogP contribution in [0.2, 0.25) is 15.1 Å². The van der Waals surface area contributed by atoms with E-state index < -0.39 is 5.97 Å². The molecule has 0 fully saturated rings. The van der Waals surface area contributed by atoms with Crippen molar-refractivity contribution in [3.8, 4) is 0 Å². The molecule has 1 N–H and O–H groups in total. The molecule has 0 atom stereocenters. The van der Waals surface area contributed by atoms with Gasteiger partial charge in [-0.3, -0.25) is 0 Å². The molecule has 0 spiro atoms. The Bertz CT molecular complexity index is 872. The maximum atomic E-state index is 11.4. The van der Waals surface area contributed by atoms with Gasteiger partial charge < -0.3 is 5.11 Å². The van der Waals surface area contributed by atoms with Crippen LogP contribution in [0.15, 0.2) is 36.4 Å². The molecule has 0 aromatic heterocycles. The van der Waals surface area contributed by atoms with Gasteiger partial charge >= 0.3 is 5.97 Å². The lowest BCUT2D eigenvalue weighted by Crippen LogP contribution is -1.98. The summed E-state index contributed by atoms with van der Waals surface area (Å²) in [5.74, 6) is -0.995. The Morgan fingerprint density at radius 1 is 0.850 bits per heavy atom. The Balaban J connectivity index is 2.58. The molecule has 0 unspecified atom stereocenters. The predicted molar refractivity (Wildman–Crippen MR) is 83.4 cm³/mol. The first-order valence-corrected chi connectivity index (χ1v) is 6.85. The Morgan fingerprint density at radius 2 is 1.55 bits per heavy atom. The molecule has 0 heterocycles. The first-order valence-electron chi connectivity index (χ1n) is 5.71. The lowest BCUT2D eigenvalue weighted by molar-refractivity contribution is 0.0699. The van der Waals surface area contributed by atoms with Crippen LogP contribution in [-0.2, 0) is 0 Å². The Kier molecular flexibility index (Phi) is 3.25. The van der Waals surface area contributed by atoms with Crippen molar-refractivity contribution in [2.75, 3.05) is 0 Å². The van der Waals surface area contributed by atoms with Crippen molar-refractivity contribution in [2.45, 2.75) is 0 Å². The van der Waals surface area contributed by atoms with Gasteiger partial charge in [0.15, 0.2) is 0 Å². The fourth-order valence-corrected chi connectivity index (χ4v) is 2.81. The van der Waals surface area contributed by atoms with Gasteiger partial charge in [-0.25, -0.2) is 4.79 Å². The molecule has 3 aromatic rings. The van der Waals surface area contributed by atoms with Gasteiger partial charge in [0.2, 0.25) is 0 Å². The maximum Gasteiger partial charge on any atom is 0.336 e. The Morgan fingerprint density at radius 3 is 2.25 bits per heavy atom. The van der Waals surface area contributed by atoms with Crippen molar-refractivity contribution in [3.63, 3.8) is 0 Å². The lowest BCUT2D eigenvalue weighted by Gasteiger charge is -2.09. The number of rotatable bonds is 1. The van der Waals surface area contributed by atoms with Crippen LogP contribution in [-0.4, -0.2) is 11.1 Å². The van der Waals surface area contributed by atoms with E-state index >= 15 is 0 Å². The van der Waals surface area contributed by atoms with Crippen molar-refractivity contribution in [1.82, 2.24) is 0 Å². The zero-order chi connectivity index (χ0) is 14.4. The molecular weight excluding hydrogens is 319 g/mol. The number of fused-ring (bicyclic) bond motifs is 3. The molecule has 3 aromatic carbocycles.